The maximum Gasteiger partial charge on any atom is 0.0693 e. The van der Waals surface area contributed by atoms with Crippen molar-refractivity contribution in [2.24, 2.45) is 5.73 Å². The average molecular weight is 227 g/mol. The quantitative estimate of drug-likeness (QED) is 0.854. The number of benzene rings is 1. The summed E-state index contributed by atoms with van der Waals surface area (Å²) < 4.78 is 2.10. The van der Waals surface area contributed by atoms with Gasteiger partial charge in [0.25, 0.3) is 0 Å². The third-order valence-corrected chi connectivity index (χ3v) is 3.57. The molecule has 1 aliphatic carbocycles. The van der Waals surface area contributed by atoms with E-state index < -0.39 is 0 Å². The monoisotopic (exact) mass is 227 g/mol. The summed E-state index contributed by atoms with van der Waals surface area (Å²) >= 11 is 0. The lowest BCUT2D eigenvalue weighted by Gasteiger charge is -2.10. The number of hydrogen-bond acceptors (Lipinski definition) is 2. The smallest absolute Gasteiger partial charge is 0.0693 e. The van der Waals surface area contributed by atoms with Gasteiger partial charge in [-0.1, -0.05) is 18.2 Å². The minimum Gasteiger partial charge on any atom is -0.326 e. The third-order valence-electron chi connectivity index (χ3n) is 3.57. The summed E-state index contributed by atoms with van der Waals surface area (Å²) in [6.07, 6.45) is 3.56. The lowest BCUT2D eigenvalue weighted by molar-refractivity contribution is 0.765. The van der Waals surface area contributed by atoms with Gasteiger partial charge in [0.15, 0.2) is 0 Å². The van der Waals surface area contributed by atoms with Crippen molar-refractivity contribution in [3.63, 3.8) is 0 Å². The molecule has 0 saturated carbocycles. The molecule has 3 rings (SSSR count). The third kappa shape index (κ3) is 1.58. The summed E-state index contributed by atoms with van der Waals surface area (Å²) in [5, 5.41) is 4.67. The molecule has 0 unspecified atom stereocenters. The van der Waals surface area contributed by atoms with Crippen LogP contribution in [0.4, 0.5) is 0 Å². The number of nitrogens with zero attached hydrogens (tertiary/aromatic N) is 2. The van der Waals surface area contributed by atoms with E-state index in [1.165, 1.54) is 29.8 Å². The van der Waals surface area contributed by atoms with E-state index in [0.717, 1.165) is 17.7 Å². The van der Waals surface area contributed by atoms with E-state index in [1.807, 2.05) is 12.1 Å². The number of nitrogens with two attached hydrogens (primary N) is 1. The van der Waals surface area contributed by atoms with E-state index in [0.29, 0.717) is 6.54 Å². The molecule has 0 radical (unpaired) electrons. The van der Waals surface area contributed by atoms with Crippen molar-refractivity contribution in [3.8, 4) is 5.69 Å². The second-order valence-corrected chi connectivity index (χ2v) is 4.61. The second-order valence-electron chi connectivity index (χ2n) is 4.61. The van der Waals surface area contributed by atoms with E-state index in [2.05, 4.69) is 28.8 Å². The summed E-state index contributed by atoms with van der Waals surface area (Å²) in [5.74, 6) is 0. The van der Waals surface area contributed by atoms with Crippen molar-refractivity contribution >= 4 is 0 Å². The molecule has 0 spiro atoms. The van der Waals surface area contributed by atoms with Gasteiger partial charge in [-0.15, -0.1) is 0 Å². The van der Waals surface area contributed by atoms with Gasteiger partial charge in [-0.05, 0) is 43.4 Å². The van der Waals surface area contributed by atoms with Crippen LogP contribution in [0.2, 0.25) is 0 Å². The standard InChI is InChI=1S/C14H17N3/c1-10-12-6-4-8-14(12)17(16-10)13-7-3-2-5-11(13)9-15/h2-3,5,7H,4,6,8-9,15H2,1H3. The molecule has 0 aliphatic heterocycles. The molecule has 17 heavy (non-hydrogen) atoms. The molecule has 1 aromatic heterocycles. The molecule has 2 N–H and O–H groups in total. The predicted molar refractivity (Wildman–Crippen MR) is 68.2 cm³/mol. The van der Waals surface area contributed by atoms with E-state index >= 15 is 0 Å². The Hall–Kier alpha value is -1.61. The highest BCUT2D eigenvalue weighted by atomic mass is 15.3. The molecule has 0 bridgehead atoms. The number of rotatable bonds is 2. The number of fused-ring (bicyclic) bond motifs is 1. The van der Waals surface area contributed by atoms with Crippen molar-refractivity contribution in [2.75, 3.05) is 0 Å². The Morgan fingerprint density at radius 3 is 2.94 bits per heavy atom. The molecule has 1 aromatic carbocycles. The van der Waals surface area contributed by atoms with E-state index in [1.54, 1.807) is 0 Å². The molecule has 0 amide bonds. The highest BCUT2D eigenvalue weighted by molar-refractivity contribution is 5.44. The maximum absolute atomic E-state index is 5.80. The first-order valence-corrected chi connectivity index (χ1v) is 6.17. The molecule has 1 heterocycles. The zero-order valence-electron chi connectivity index (χ0n) is 10.1. The first-order chi connectivity index (χ1) is 8.31. The van der Waals surface area contributed by atoms with E-state index in [4.69, 9.17) is 5.73 Å². The lowest BCUT2D eigenvalue weighted by atomic mass is 10.1. The first kappa shape index (κ1) is 10.5. The molecule has 0 saturated heterocycles. The summed E-state index contributed by atoms with van der Waals surface area (Å²) in [6, 6.07) is 8.26. The molecule has 2 aromatic rings. The molecule has 88 valence electrons. The summed E-state index contributed by atoms with van der Waals surface area (Å²) in [4.78, 5) is 0. The van der Waals surface area contributed by atoms with Gasteiger partial charge in [0.1, 0.15) is 0 Å². The summed E-state index contributed by atoms with van der Waals surface area (Å²) in [7, 11) is 0. The van der Waals surface area contributed by atoms with Crippen LogP contribution in [-0.2, 0) is 19.4 Å². The fourth-order valence-corrected chi connectivity index (χ4v) is 2.71. The van der Waals surface area contributed by atoms with Crippen molar-refractivity contribution in [1.82, 2.24) is 9.78 Å². The lowest BCUT2D eigenvalue weighted by Crippen LogP contribution is -2.07. The average Bonchev–Trinajstić information content (AvgIpc) is 2.94. The largest absolute Gasteiger partial charge is 0.326 e. The fourth-order valence-electron chi connectivity index (χ4n) is 2.71. The Kier molecular flexibility index (Phi) is 2.48. The van der Waals surface area contributed by atoms with Gasteiger partial charge in [0.05, 0.1) is 11.4 Å². The van der Waals surface area contributed by atoms with Crippen LogP contribution in [0.3, 0.4) is 0 Å². The Morgan fingerprint density at radius 2 is 2.12 bits per heavy atom. The van der Waals surface area contributed by atoms with Crippen LogP contribution < -0.4 is 5.73 Å². The van der Waals surface area contributed by atoms with Crippen LogP contribution in [0.1, 0.15) is 28.9 Å². The molecule has 1 aliphatic rings. The van der Waals surface area contributed by atoms with Gasteiger partial charge in [0.2, 0.25) is 0 Å². The molecule has 0 atom stereocenters. The van der Waals surface area contributed by atoms with Crippen molar-refractivity contribution in [3.05, 3.63) is 46.8 Å². The predicted octanol–water partition coefficient (Wildman–Crippen LogP) is 2.13. The maximum atomic E-state index is 5.80. The van der Waals surface area contributed by atoms with Gasteiger partial charge >= 0.3 is 0 Å². The van der Waals surface area contributed by atoms with Gasteiger partial charge in [0, 0.05) is 12.2 Å². The highest BCUT2D eigenvalue weighted by Gasteiger charge is 2.21. The van der Waals surface area contributed by atoms with Crippen LogP contribution in [0, 0.1) is 6.92 Å². The minimum atomic E-state index is 0.559. The molecular formula is C14H17N3. The number of hydrogen-bond donors (Lipinski definition) is 1. The fraction of sp³-hybridized carbons (Fsp3) is 0.357. The van der Waals surface area contributed by atoms with Crippen molar-refractivity contribution < 1.29 is 0 Å². The number of para-hydroxylation sites is 1. The summed E-state index contributed by atoms with van der Waals surface area (Å²) in [5.41, 5.74) is 12.1. The Morgan fingerprint density at radius 1 is 1.29 bits per heavy atom. The van der Waals surface area contributed by atoms with Gasteiger partial charge in [-0.3, -0.25) is 0 Å². The normalized spacial score (nSPS) is 14.0. The molecule has 3 heteroatoms. The summed E-state index contributed by atoms with van der Waals surface area (Å²) in [6.45, 7) is 2.66. The van der Waals surface area contributed by atoms with Crippen LogP contribution in [0.15, 0.2) is 24.3 Å². The van der Waals surface area contributed by atoms with Crippen LogP contribution in [-0.4, -0.2) is 9.78 Å². The van der Waals surface area contributed by atoms with Gasteiger partial charge in [-0.2, -0.15) is 5.10 Å². The number of aromatic nitrogens is 2. The SMILES string of the molecule is Cc1nn(-c2ccccc2CN)c2c1CCC2. The van der Waals surface area contributed by atoms with E-state index in [9.17, 15) is 0 Å². The van der Waals surface area contributed by atoms with Crippen LogP contribution in [0.25, 0.3) is 5.69 Å². The molecule has 0 fully saturated rings. The number of aryl methyl sites for hydroxylation is 1. The Bertz CT molecular complexity index is 555. The zero-order chi connectivity index (χ0) is 11.8. The van der Waals surface area contributed by atoms with Gasteiger partial charge < -0.3 is 5.73 Å². The minimum absolute atomic E-state index is 0.559. The molecule has 3 nitrogen and oxygen atoms in total. The highest BCUT2D eigenvalue weighted by Crippen LogP contribution is 2.28. The topological polar surface area (TPSA) is 43.8 Å². The van der Waals surface area contributed by atoms with Crippen LogP contribution >= 0.6 is 0 Å². The van der Waals surface area contributed by atoms with E-state index in [-0.39, 0.29) is 0 Å². The second kappa shape index (κ2) is 4.00. The van der Waals surface area contributed by atoms with Crippen molar-refractivity contribution in [1.29, 1.82) is 0 Å². The molecular weight excluding hydrogens is 210 g/mol. The Labute approximate surface area is 101 Å². The first-order valence-electron chi connectivity index (χ1n) is 6.17. The van der Waals surface area contributed by atoms with Crippen molar-refractivity contribution in [2.45, 2.75) is 32.7 Å². The Balaban J connectivity index is 2.19. The van der Waals surface area contributed by atoms with Crippen LogP contribution in [0.5, 0.6) is 0 Å². The van der Waals surface area contributed by atoms with Gasteiger partial charge in [-0.25, -0.2) is 4.68 Å². The zero-order valence-corrected chi connectivity index (χ0v) is 10.1.